The second-order valence-electron chi connectivity index (χ2n) is 3.67. The number of rotatable bonds is 4. The van der Waals surface area contributed by atoms with Crippen LogP contribution in [0.1, 0.15) is 13.8 Å². The second-order valence-corrected chi connectivity index (χ2v) is 3.67. The Labute approximate surface area is 92.6 Å². The molecule has 1 heterocycles. The molecule has 1 fully saturated rings. The standard InChI is InChI=1S/C12H21N3/c1-3-14-12(2)6-4-5-9-15-10-7-13-8-11-15/h3-6,13H,7-11H2,1-2H3/b5-4+,12-6-,14-3-. The number of piperazine rings is 1. The largest absolute Gasteiger partial charge is 0.314 e. The van der Waals surface area contributed by atoms with E-state index in [1.54, 1.807) is 0 Å². The summed E-state index contributed by atoms with van der Waals surface area (Å²) in [4.78, 5) is 6.61. The number of hydrogen-bond donors (Lipinski definition) is 1. The van der Waals surface area contributed by atoms with Gasteiger partial charge in [-0.05, 0) is 19.9 Å². The van der Waals surface area contributed by atoms with Gasteiger partial charge in [0, 0.05) is 44.6 Å². The summed E-state index contributed by atoms with van der Waals surface area (Å²) in [6.45, 7) is 9.52. The molecular weight excluding hydrogens is 186 g/mol. The van der Waals surface area contributed by atoms with Crippen LogP contribution in [-0.4, -0.2) is 43.8 Å². The molecule has 0 saturated carbocycles. The smallest absolute Gasteiger partial charge is 0.0368 e. The number of nitrogens with zero attached hydrogens (tertiary/aromatic N) is 2. The van der Waals surface area contributed by atoms with Gasteiger partial charge in [0.25, 0.3) is 0 Å². The van der Waals surface area contributed by atoms with Gasteiger partial charge < -0.3 is 5.32 Å². The zero-order valence-electron chi connectivity index (χ0n) is 9.74. The van der Waals surface area contributed by atoms with E-state index in [9.17, 15) is 0 Å². The van der Waals surface area contributed by atoms with Crippen LogP contribution in [0.5, 0.6) is 0 Å². The minimum atomic E-state index is 1.04. The molecule has 0 spiro atoms. The molecular formula is C12H21N3. The Morgan fingerprint density at radius 2 is 2.13 bits per heavy atom. The molecule has 1 rings (SSSR count). The van der Waals surface area contributed by atoms with Crippen molar-refractivity contribution in [3.8, 4) is 0 Å². The van der Waals surface area contributed by atoms with Crippen molar-refractivity contribution in [2.75, 3.05) is 32.7 Å². The van der Waals surface area contributed by atoms with E-state index in [1.807, 2.05) is 26.1 Å². The molecule has 1 saturated heterocycles. The maximum Gasteiger partial charge on any atom is 0.0368 e. The number of nitrogens with one attached hydrogen (secondary N) is 1. The zero-order chi connectivity index (χ0) is 10.9. The molecule has 1 N–H and O–H groups in total. The van der Waals surface area contributed by atoms with Crippen molar-refractivity contribution in [1.29, 1.82) is 0 Å². The maximum absolute atomic E-state index is 4.17. The van der Waals surface area contributed by atoms with E-state index in [-0.39, 0.29) is 0 Å². The topological polar surface area (TPSA) is 27.6 Å². The zero-order valence-corrected chi connectivity index (χ0v) is 9.74. The fraction of sp³-hybridized carbons (Fsp3) is 0.583. The van der Waals surface area contributed by atoms with Gasteiger partial charge in [0.2, 0.25) is 0 Å². The van der Waals surface area contributed by atoms with Crippen molar-refractivity contribution in [3.63, 3.8) is 0 Å². The first-order valence-electron chi connectivity index (χ1n) is 5.58. The molecule has 0 aromatic rings. The fourth-order valence-corrected chi connectivity index (χ4v) is 1.56. The minimum absolute atomic E-state index is 1.04. The van der Waals surface area contributed by atoms with E-state index in [4.69, 9.17) is 0 Å². The fourth-order valence-electron chi connectivity index (χ4n) is 1.56. The van der Waals surface area contributed by atoms with Gasteiger partial charge in [0.1, 0.15) is 0 Å². The number of allylic oxidation sites excluding steroid dienone is 3. The summed E-state index contributed by atoms with van der Waals surface area (Å²) in [5.41, 5.74) is 1.05. The van der Waals surface area contributed by atoms with Crippen molar-refractivity contribution in [2.45, 2.75) is 13.8 Å². The highest BCUT2D eigenvalue weighted by Gasteiger charge is 2.05. The van der Waals surface area contributed by atoms with E-state index < -0.39 is 0 Å². The summed E-state index contributed by atoms with van der Waals surface area (Å²) in [5, 5.41) is 3.34. The predicted octanol–water partition coefficient (Wildman–Crippen LogP) is 1.44. The maximum atomic E-state index is 4.17. The lowest BCUT2D eigenvalue weighted by Gasteiger charge is -2.25. The summed E-state index contributed by atoms with van der Waals surface area (Å²) < 4.78 is 0. The Kier molecular flexibility index (Phi) is 5.97. The van der Waals surface area contributed by atoms with Crippen LogP contribution < -0.4 is 5.32 Å². The minimum Gasteiger partial charge on any atom is -0.314 e. The normalized spacial score (nSPS) is 20.5. The predicted molar refractivity (Wildman–Crippen MR) is 66.4 cm³/mol. The molecule has 0 bridgehead atoms. The molecule has 3 heteroatoms. The summed E-state index contributed by atoms with van der Waals surface area (Å²) in [6, 6.07) is 0. The first-order chi connectivity index (χ1) is 7.33. The van der Waals surface area contributed by atoms with Gasteiger partial charge >= 0.3 is 0 Å². The first kappa shape index (κ1) is 12.1. The third-order valence-corrected chi connectivity index (χ3v) is 2.38. The highest BCUT2D eigenvalue weighted by atomic mass is 15.2. The van der Waals surface area contributed by atoms with Crippen LogP contribution in [0.25, 0.3) is 0 Å². The summed E-state index contributed by atoms with van der Waals surface area (Å²) in [7, 11) is 0. The highest BCUT2D eigenvalue weighted by Crippen LogP contribution is 1.95. The third kappa shape index (κ3) is 5.50. The quantitative estimate of drug-likeness (QED) is 0.558. The van der Waals surface area contributed by atoms with Crippen LogP contribution in [0.2, 0.25) is 0 Å². The van der Waals surface area contributed by atoms with Gasteiger partial charge in [0.05, 0.1) is 0 Å². The highest BCUT2D eigenvalue weighted by molar-refractivity contribution is 5.55. The molecule has 0 unspecified atom stereocenters. The summed E-state index contributed by atoms with van der Waals surface area (Å²) >= 11 is 0. The van der Waals surface area contributed by atoms with Crippen LogP contribution >= 0.6 is 0 Å². The molecule has 0 aliphatic carbocycles. The molecule has 0 aromatic carbocycles. The third-order valence-electron chi connectivity index (χ3n) is 2.38. The SMILES string of the molecule is C\C=N/C(C)=C\C=C\CN1CCNCC1. The van der Waals surface area contributed by atoms with Gasteiger partial charge in [-0.15, -0.1) is 0 Å². The molecule has 0 atom stereocenters. The lowest BCUT2D eigenvalue weighted by atomic mass is 10.3. The van der Waals surface area contributed by atoms with Crippen molar-refractivity contribution in [3.05, 3.63) is 23.9 Å². The van der Waals surface area contributed by atoms with Crippen LogP contribution in [0.15, 0.2) is 28.9 Å². The lowest BCUT2D eigenvalue weighted by molar-refractivity contribution is 0.265. The van der Waals surface area contributed by atoms with Crippen LogP contribution in [-0.2, 0) is 0 Å². The average Bonchev–Trinajstić information content (AvgIpc) is 2.26. The van der Waals surface area contributed by atoms with E-state index in [0.29, 0.717) is 0 Å². The Bertz CT molecular complexity index is 248. The molecule has 1 aliphatic heterocycles. The van der Waals surface area contributed by atoms with Gasteiger partial charge in [0.15, 0.2) is 0 Å². The molecule has 0 radical (unpaired) electrons. The van der Waals surface area contributed by atoms with E-state index in [1.165, 1.54) is 0 Å². The van der Waals surface area contributed by atoms with Crippen LogP contribution in [0.4, 0.5) is 0 Å². The van der Waals surface area contributed by atoms with Crippen LogP contribution in [0.3, 0.4) is 0 Å². The molecule has 1 aliphatic rings. The average molecular weight is 207 g/mol. The Morgan fingerprint density at radius 3 is 2.80 bits per heavy atom. The molecule has 15 heavy (non-hydrogen) atoms. The van der Waals surface area contributed by atoms with Gasteiger partial charge in [-0.3, -0.25) is 9.89 Å². The number of aliphatic imine (C=N–C) groups is 1. The Morgan fingerprint density at radius 1 is 1.40 bits per heavy atom. The summed E-state index contributed by atoms with van der Waals surface area (Å²) in [6.07, 6.45) is 8.14. The van der Waals surface area contributed by atoms with Gasteiger partial charge in [-0.25, -0.2) is 0 Å². The molecule has 3 nitrogen and oxygen atoms in total. The second kappa shape index (κ2) is 7.37. The van der Waals surface area contributed by atoms with E-state index in [0.717, 1.165) is 38.4 Å². The van der Waals surface area contributed by atoms with Crippen LogP contribution in [0, 0.1) is 0 Å². The van der Waals surface area contributed by atoms with E-state index >= 15 is 0 Å². The molecule has 84 valence electrons. The van der Waals surface area contributed by atoms with Gasteiger partial charge in [-0.2, -0.15) is 0 Å². The molecule has 0 amide bonds. The molecule has 0 aromatic heterocycles. The van der Waals surface area contributed by atoms with Gasteiger partial charge in [-0.1, -0.05) is 12.2 Å². The Balaban J connectivity index is 2.23. The Hall–Kier alpha value is -0.930. The summed E-state index contributed by atoms with van der Waals surface area (Å²) in [5.74, 6) is 0. The van der Waals surface area contributed by atoms with Crippen molar-refractivity contribution in [2.24, 2.45) is 4.99 Å². The van der Waals surface area contributed by atoms with Crippen molar-refractivity contribution in [1.82, 2.24) is 10.2 Å². The van der Waals surface area contributed by atoms with Crippen molar-refractivity contribution < 1.29 is 0 Å². The van der Waals surface area contributed by atoms with E-state index in [2.05, 4.69) is 27.4 Å². The number of hydrogen-bond acceptors (Lipinski definition) is 3. The lowest BCUT2D eigenvalue weighted by Crippen LogP contribution is -2.43. The van der Waals surface area contributed by atoms with Crippen molar-refractivity contribution >= 4 is 6.21 Å². The first-order valence-corrected chi connectivity index (χ1v) is 5.58. The monoisotopic (exact) mass is 207 g/mol.